The van der Waals surface area contributed by atoms with Crippen LogP contribution in [0.1, 0.15) is 5.56 Å². The number of benzene rings is 2. The number of anilines is 1. The molecule has 0 spiro atoms. The molecular formula is C15H15BrN2O2S. The minimum absolute atomic E-state index is 0.0692. The lowest BCUT2D eigenvalue weighted by Gasteiger charge is -2.06. The third-order valence-electron chi connectivity index (χ3n) is 2.81. The molecular weight excluding hydrogens is 352 g/mol. The van der Waals surface area contributed by atoms with Gasteiger partial charge in [-0.1, -0.05) is 28.1 Å². The highest BCUT2D eigenvalue weighted by atomic mass is 79.9. The van der Waals surface area contributed by atoms with Crippen molar-refractivity contribution in [2.45, 2.75) is 11.4 Å². The van der Waals surface area contributed by atoms with Gasteiger partial charge in [-0.25, -0.2) is 0 Å². The molecule has 21 heavy (non-hydrogen) atoms. The molecule has 0 aliphatic rings. The molecule has 0 heterocycles. The summed E-state index contributed by atoms with van der Waals surface area (Å²) in [6.45, 7) is 0.460. The Morgan fingerprint density at radius 3 is 2.29 bits per heavy atom. The van der Waals surface area contributed by atoms with E-state index < -0.39 is 10.8 Å². The Kier molecular flexibility index (Phi) is 5.67. The minimum atomic E-state index is -1.35. The largest absolute Gasteiger partial charge is 0.326 e. The van der Waals surface area contributed by atoms with Gasteiger partial charge in [-0.3, -0.25) is 9.00 Å². The zero-order valence-corrected chi connectivity index (χ0v) is 13.6. The summed E-state index contributed by atoms with van der Waals surface area (Å²) < 4.78 is 13.0. The van der Waals surface area contributed by atoms with Crippen molar-refractivity contribution in [1.29, 1.82) is 0 Å². The molecule has 2 aromatic carbocycles. The van der Waals surface area contributed by atoms with Gasteiger partial charge in [-0.15, -0.1) is 0 Å². The highest BCUT2D eigenvalue weighted by Gasteiger charge is 2.10. The summed E-state index contributed by atoms with van der Waals surface area (Å²) in [6, 6.07) is 14.3. The number of nitrogens with two attached hydrogens (primary N) is 1. The Morgan fingerprint density at radius 1 is 1.10 bits per heavy atom. The smallest absolute Gasteiger partial charge is 0.237 e. The summed E-state index contributed by atoms with van der Waals surface area (Å²) >= 11 is 3.31. The second-order valence-electron chi connectivity index (χ2n) is 4.39. The molecule has 0 radical (unpaired) electrons. The van der Waals surface area contributed by atoms with Gasteiger partial charge in [0.1, 0.15) is 5.75 Å². The first kappa shape index (κ1) is 15.9. The number of nitrogens with one attached hydrogen (secondary N) is 1. The van der Waals surface area contributed by atoms with Crippen molar-refractivity contribution in [3.63, 3.8) is 0 Å². The summed E-state index contributed by atoms with van der Waals surface area (Å²) in [5.41, 5.74) is 7.17. The van der Waals surface area contributed by atoms with Crippen molar-refractivity contribution in [2.75, 3.05) is 11.1 Å². The average molecular weight is 367 g/mol. The van der Waals surface area contributed by atoms with E-state index in [2.05, 4.69) is 21.2 Å². The highest BCUT2D eigenvalue weighted by molar-refractivity contribution is 9.10. The van der Waals surface area contributed by atoms with Gasteiger partial charge in [0, 0.05) is 21.6 Å². The maximum atomic E-state index is 12.1. The lowest BCUT2D eigenvalue weighted by molar-refractivity contribution is -0.113. The SMILES string of the molecule is NCc1ccc(NC(=O)CS(=O)c2ccc(Br)cc2)cc1. The number of rotatable bonds is 5. The van der Waals surface area contributed by atoms with Gasteiger partial charge in [0.15, 0.2) is 0 Å². The molecule has 110 valence electrons. The molecule has 0 bridgehead atoms. The van der Waals surface area contributed by atoms with Gasteiger partial charge >= 0.3 is 0 Å². The molecule has 1 amide bonds. The highest BCUT2D eigenvalue weighted by Crippen LogP contribution is 2.14. The van der Waals surface area contributed by atoms with Crippen LogP contribution in [0.15, 0.2) is 57.9 Å². The zero-order valence-electron chi connectivity index (χ0n) is 11.2. The summed E-state index contributed by atoms with van der Waals surface area (Å²) in [4.78, 5) is 12.5. The second kappa shape index (κ2) is 7.49. The molecule has 1 atom stereocenters. The summed E-state index contributed by atoms with van der Waals surface area (Å²) in [5, 5.41) is 2.72. The van der Waals surface area contributed by atoms with Crippen LogP contribution in [0.25, 0.3) is 0 Å². The second-order valence-corrected chi connectivity index (χ2v) is 6.76. The number of hydrogen-bond acceptors (Lipinski definition) is 3. The molecule has 3 N–H and O–H groups in total. The van der Waals surface area contributed by atoms with Gasteiger partial charge in [-0.05, 0) is 42.0 Å². The lowest BCUT2D eigenvalue weighted by Crippen LogP contribution is -2.19. The monoisotopic (exact) mass is 366 g/mol. The molecule has 0 saturated carbocycles. The zero-order chi connectivity index (χ0) is 15.2. The molecule has 0 aromatic heterocycles. The number of hydrogen-bond donors (Lipinski definition) is 2. The first-order valence-electron chi connectivity index (χ1n) is 6.31. The number of carbonyl (C=O) groups excluding carboxylic acids is 1. The van der Waals surface area contributed by atoms with Gasteiger partial charge < -0.3 is 11.1 Å². The van der Waals surface area contributed by atoms with Crippen LogP contribution >= 0.6 is 15.9 Å². The number of carbonyl (C=O) groups is 1. The molecule has 1 unspecified atom stereocenters. The van der Waals surface area contributed by atoms with Gasteiger partial charge in [0.25, 0.3) is 0 Å². The van der Waals surface area contributed by atoms with Crippen molar-refractivity contribution >= 4 is 38.3 Å². The van der Waals surface area contributed by atoms with E-state index >= 15 is 0 Å². The van der Waals surface area contributed by atoms with Crippen LogP contribution in [0.4, 0.5) is 5.69 Å². The Labute approximate surface area is 134 Å². The van der Waals surface area contributed by atoms with Crippen LogP contribution in [0.3, 0.4) is 0 Å². The first-order chi connectivity index (χ1) is 10.1. The van der Waals surface area contributed by atoms with Crippen LogP contribution in [0.5, 0.6) is 0 Å². The van der Waals surface area contributed by atoms with Crippen LogP contribution in [-0.2, 0) is 22.1 Å². The van der Waals surface area contributed by atoms with E-state index in [0.717, 1.165) is 10.0 Å². The Hall–Kier alpha value is -1.50. The predicted molar refractivity (Wildman–Crippen MR) is 88.4 cm³/mol. The van der Waals surface area contributed by atoms with E-state index in [4.69, 9.17) is 5.73 Å². The van der Waals surface area contributed by atoms with Crippen LogP contribution in [-0.4, -0.2) is 15.9 Å². The molecule has 0 aliphatic carbocycles. The molecule has 0 fully saturated rings. The Morgan fingerprint density at radius 2 is 1.71 bits per heavy atom. The first-order valence-corrected chi connectivity index (χ1v) is 8.42. The maximum Gasteiger partial charge on any atom is 0.237 e. The third kappa shape index (κ3) is 4.77. The Balaban J connectivity index is 1.94. The average Bonchev–Trinajstić information content (AvgIpc) is 2.48. The van der Waals surface area contributed by atoms with E-state index in [0.29, 0.717) is 17.1 Å². The maximum absolute atomic E-state index is 12.1. The normalized spacial score (nSPS) is 11.9. The van der Waals surface area contributed by atoms with Crippen molar-refractivity contribution in [3.05, 3.63) is 58.6 Å². The predicted octanol–water partition coefficient (Wildman–Crippen LogP) is 2.65. The number of halogens is 1. The van der Waals surface area contributed by atoms with E-state index in [9.17, 15) is 9.00 Å². The van der Waals surface area contributed by atoms with E-state index in [1.165, 1.54) is 0 Å². The molecule has 2 aromatic rings. The van der Waals surface area contributed by atoms with Gasteiger partial charge in [-0.2, -0.15) is 0 Å². The van der Waals surface area contributed by atoms with Crippen molar-refractivity contribution < 1.29 is 9.00 Å². The van der Waals surface area contributed by atoms with Crippen molar-refractivity contribution in [1.82, 2.24) is 0 Å². The summed E-state index contributed by atoms with van der Waals surface area (Å²) in [7, 11) is -1.35. The minimum Gasteiger partial charge on any atom is -0.326 e. The Bertz CT molecular complexity index is 642. The molecule has 0 aliphatic heterocycles. The fourth-order valence-corrected chi connectivity index (χ4v) is 2.89. The van der Waals surface area contributed by atoms with Crippen LogP contribution < -0.4 is 11.1 Å². The summed E-state index contributed by atoms with van der Waals surface area (Å²) in [6.07, 6.45) is 0. The van der Waals surface area contributed by atoms with Gasteiger partial charge in [0.2, 0.25) is 5.91 Å². The molecule has 6 heteroatoms. The molecule has 2 rings (SSSR count). The molecule has 4 nitrogen and oxygen atoms in total. The van der Waals surface area contributed by atoms with Crippen molar-refractivity contribution in [3.8, 4) is 0 Å². The van der Waals surface area contributed by atoms with E-state index in [1.54, 1.807) is 36.4 Å². The standard InChI is InChI=1S/C15H15BrN2O2S/c16-12-3-7-14(8-4-12)21(20)10-15(19)18-13-5-1-11(9-17)2-6-13/h1-8H,9-10,17H2,(H,18,19). The van der Waals surface area contributed by atoms with E-state index in [1.807, 2.05) is 12.1 Å². The number of amides is 1. The quantitative estimate of drug-likeness (QED) is 0.854. The fraction of sp³-hybridized carbons (Fsp3) is 0.133. The fourth-order valence-electron chi connectivity index (χ4n) is 1.71. The third-order valence-corrected chi connectivity index (χ3v) is 4.66. The van der Waals surface area contributed by atoms with E-state index in [-0.39, 0.29) is 11.7 Å². The summed E-state index contributed by atoms with van der Waals surface area (Å²) in [5.74, 6) is -0.350. The van der Waals surface area contributed by atoms with Crippen molar-refractivity contribution in [2.24, 2.45) is 5.73 Å². The van der Waals surface area contributed by atoms with Crippen LogP contribution in [0, 0.1) is 0 Å². The van der Waals surface area contributed by atoms with Crippen LogP contribution in [0.2, 0.25) is 0 Å². The molecule has 0 saturated heterocycles. The van der Waals surface area contributed by atoms with Gasteiger partial charge in [0.05, 0.1) is 10.8 Å². The lowest BCUT2D eigenvalue weighted by atomic mass is 10.2. The topological polar surface area (TPSA) is 72.2 Å².